The lowest BCUT2D eigenvalue weighted by atomic mass is 10.0. The summed E-state index contributed by atoms with van der Waals surface area (Å²) < 4.78 is 4.92. The van der Waals surface area contributed by atoms with Crippen LogP contribution in [-0.2, 0) is 20.8 Å². The molecule has 1 aliphatic rings. The van der Waals surface area contributed by atoms with Crippen molar-refractivity contribution in [2.75, 3.05) is 0 Å². The van der Waals surface area contributed by atoms with E-state index in [1.54, 1.807) is 12.1 Å². The zero-order valence-corrected chi connectivity index (χ0v) is 10.4. The summed E-state index contributed by atoms with van der Waals surface area (Å²) in [5, 5.41) is 2.21. The lowest BCUT2D eigenvalue weighted by molar-refractivity contribution is -0.132. The van der Waals surface area contributed by atoms with Crippen LogP contribution in [0.2, 0.25) is 0 Å². The van der Waals surface area contributed by atoms with Gasteiger partial charge in [-0.2, -0.15) is 0 Å². The fourth-order valence-electron chi connectivity index (χ4n) is 1.81. The summed E-state index contributed by atoms with van der Waals surface area (Å²) in [5.41, 5.74) is 1.50. The fraction of sp³-hybridized carbons (Fsp3) is 0.214. The lowest BCUT2D eigenvalue weighted by Gasteiger charge is -2.04. The Hall–Kier alpha value is -2.43. The maximum Gasteiger partial charge on any atom is 0.308 e. The Morgan fingerprint density at radius 3 is 2.37 bits per heavy atom. The first kappa shape index (κ1) is 13.0. The van der Waals surface area contributed by atoms with Crippen molar-refractivity contribution in [1.29, 1.82) is 0 Å². The molecule has 2 rings (SSSR count). The van der Waals surface area contributed by atoms with Gasteiger partial charge in [0.1, 0.15) is 5.75 Å². The third-order valence-corrected chi connectivity index (χ3v) is 2.70. The lowest BCUT2D eigenvalue weighted by Crippen LogP contribution is -2.22. The number of hydrogen-bond donors (Lipinski definition) is 1. The number of imide groups is 1. The molecule has 5 heteroatoms. The van der Waals surface area contributed by atoms with E-state index in [2.05, 4.69) is 5.32 Å². The Balaban J connectivity index is 1.93. The number of carbonyl (C=O) groups is 3. The Morgan fingerprint density at radius 2 is 1.84 bits per heavy atom. The van der Waals surface area contributed by atoms with Crippen molar-refractivity contribution in [3.05, 3.63) is 41.5 Å². The highest BCUT2D eigenvalue weighted by Crippen LogP contribution is 2.16. The largest absolute Gasteiger partial charge is 0.427 e. The van der Waals surface area contributed by atoms with Gasteiger partial charge in [0.2, 0.25) is 0 Å². The summed E-state index contributed by atoms with van der Waals surface area (Å²) in [6.45, 7) is 1.34. The average molecular weight is 259 g/mol. The van der Waals surface area contributed by atoms with Gasteiger partial charge >= 0.3 is 5.97 Å². The number of ether oxygens (including phenoxy) is 1. The van der Waals surface area contributed by atoms with Gasteiger partial charge in [-0.1, -0.05) is 12.1 Å². The quantitative estimate of drug-likeness (QED) is 0.500. The second kappa shape index (κ2) is 5.48. The third-order valence-electron chi connectivity index (χ3n) is 2.70. The monoisotopic (exact) mass is 259 g/mol. The molecule has 0 fully saturated rings. The second-order valence-corrected chi connectivity index (χ2v) is 4.23. The van der Waals surface area contributed by atoms with Crippen molar-refractivity contribution < 1.29 is 19.1 Å². The molecular formula is C14H13NO4. The maximum absolute atomic E-state index is 11.3. The van der Waals surface area contributed by atoms with Crippen LogP contribution < -0.4 is 10.1 Å². The normalized spacial score (nSPS) is 14.1. The highest BCUT2D eigenvalue weighted by molar-refractivity contribution is 6.16. The molecular weight excluding hydrogens is 246 g/mol. The molecule has 0 bridgehead atoms. The molecule has 1 aromatic carbocycles. The molecule has 0 spiro atoms. The maximum atomic E-state index is 11.3. The van der Waals surface area contributed by atoms with Gasteiger partial charge in [0.15, 0.2) is 0 Å². The van der Waals surface area contributed by atoms with Crippen molar-refractivity contribution in [2.24, 2.45) is 0 Å². The van der Waals surface area contributed by atoms with E-state index in [1.807, 2.05) is 12.1 Å². The zero-order valence-electron chi connectivity index (χ0n) is 10.4. The van der Waals surface area contributed by atoms with E-state index < -0.39 is 0 Å². The van der Waals surface area contributed by atoms with Crippen LogP contribution in [0.25, 0.3) is 0 Å². The number of nitrogens with one attached hydrogen (secondary N) is 1. The molecule has 1 aromatic rings. The third kappa shape index (κ3) is 3.51. The molecule has 19 heavy (non-hydrogen) atoms. The topological polar surface area (TPSA) is 72.5 Å². The summed E-state index contributed by atoms with van der Waals surface area (Å²) in [5.74, 6) is -0.546. The molecule has 98 valence electrons. The van der Waals surface area contributed by atoms with Gasteiger partial charge in [0.25, 0.3) is 11.8 Å². The van der Waals surface area contributed by atoms with E-state index in [0.717, 1.165) is 5.56 Å². The predicted molar refractivity (Wildman–Crippen MR) is 67.3 cm³/mol. The van der Waals surface area contributed by atoms with Gasteiger partial charge < -0.3 is 4.74 Å². The van der Waals surface area contributed by atoms with E-state index in [1.165, 1.54) is 13.0 Å². The molecule has 0 aliphatic carbocycles. The number of rotatable bonds is 4. The molecule has 0 atom stereocenters. The van der Waals surface area contributed by atoms with Crippen molar-refractivity contribution in [3.63, 3.8) is 0 Å². The first-order chi connectivity index (χ1) is 9.04. The standard InChI is InChI=1S/C14H13NO4/c1-9(16)19-12-6-3-10(4-7-12)2-5-11-8-13(17)15-14(11)18/h3-4,6-8H,2,5H2,1H3,(H,15,17,18). The fourth-order valence-corrected chi connectivity index (χ4v) is 1.81. The number of benzene rings is 1. The summed E-state index contributed by atoms with van der Waals surface area (Å²) in [4.78, 5) is 33.0. The van der Waals surface area contributed by atoms with Gasteiger partial charge in [-0.25, -0.2) is 0 Å². The minimum atomic E-state index is -0.362. The van der Waals surface area contributed by atoms with Gasteiger partial charge in [0.05, 0.1) is 0 Å². The molecule has 2 amide bonds. The van der Waals surface area contributed by atoms with Crippen molar-refractivity contribution in [1.82, 2.24) is 5.32 Å². The smallest absolute Gasteiger partial charge is 0.308 e. The van der Waals surface area contributed by atoms with Crippen LogP contribution in [0.1, 0.15) is 18.9 Å². The summed E-state index contributed by atoms with van der Waals surface area (Å²) in [7, 11) is 0. The van der Waals surface area contributed by atoms with Crippen molar-refractivity contribution >= 4 is 17.8 Å². The predicted octanol–water partition coefficient (Wildman–Crippen LogP) is 1.13. The van der Waals surface area contributed by atoms with Crippen LogP contribution in [-0.4, -0.2) is 17.8 Å². The second-order valence-electron chi connectivity index (χ2n) is 4.23. The SMILES string of the molecule is CC(=O)Oc1ccc(CCC2=CC(=O)NC2=O)cc1. The summed E-state index contributed by atoms with van der Waals surface area (Å²) in [6.07, 6.45) is 2.48. The molecule has 0 saturated heterocycles. The van der Waals surface area contributed by atoms with Crippen LogP contribution in [0.4, 0.5) is 0 Å². The van der Waals surface area contributed by atoms with Crippen LogP contribution in [0.15, 0.2) is 35.9 Å². The number of carbonyl (C=O) groups excluding carboxylic acids is 3. The molecule has 0 saturated carbocycles. The zero-order chi connectivity index (χ0) is 13.8. The van der Waals surface area contributed by atoms with Crippen LogP contribution in [0.3, 0.4) is 0 Å². The molecule has 1 N–H and O–H groups in total. The Bertz CT molecular complexity index is 557. The number of esters is 1. The van der Waals surface area contributed by atoms with Crippen LogP contribution >= 0.6 is 0 Å². The van der Waals surface area contributed by atoms with Crippen LogP contribution in [0, 0.1) is 0 Å². The summed E-state index contributed by atoms with van der Waals surface area (Å²) in [6, 6.07) is 7.05. The number of aryl methyl sites for hydroxylation is 1. The van der Waals surface area contributed by atoms with E-state index in [0.29, 0.717) is 24.2 Å². The van der Waals surface area contributed by atoms with E-state index in [4.69, 9.17) is 4.74 Å². The van der Waals surface area contributed by atoms with Gasteiger partial charge in [0, 0.05) is 18.6 Å². The molecule has 1 heterocycles. The van der Waals surface area contributed by atoms with Gasteiger partial charge in [-0.05, 0) is 30.5 Å². The van der Waals surface area contributed by atoms with Crippen LogP contribution in [0.5, 0.6) is 5.75 Å². The Labute approximate surface area is 110 Å². The van der Waals surface area contributed by atoms with E-state index >= 15 is 0 Å². The minimum absolute atomic E-state index is 0.318. The molecule has 1 aliphatic heterocycles. The highest BCUT2D eigenvalue weighted by Gasteiger charge is 2.19. The molecule has 0 unspecified atom stereocenters. The molecule has 0 radical (unpaired) electrons. The van der Waals surface area contributed by atoms with Crippen molar-refractivity contribution in [3.8, 4) is 5.75 Å². The Kier molecular flexibility index (Phi) is 3.75. The highest BCUT2D eigenvalue weighted by atomic mass is 16.5. The summed E-state index contributed by atoms with van der Waals surface area (Å²) >= 11 is 0. The van der Waals surface area contributed by atoms with E-state index in [-0.39, 0.29) is 17.8 Å². The van der Waals surface area contributed by atoms with Gasteiger partial charge in [-0.15, -0.1) is 0 Å². The first-order valence-electron chi connectivity index (χ1n) is 5.88. The molecule has 5 nitrogen and oxygen atoms in total. The van der Waals surface area contributed by atoms with Crippen molar-refractivity contribution in [2.45, 2.75) is 19.8 Å². The minimum Gasteiger partial charge on any atom is -0.427 e. The van der Waals surface area contributed by atoms with Gasteiger partial charge in [-0.3, -0.25) is 19.7 Å². The average Bonchev–Trinajstić information content (AvgIpc) is 2.66. The number of amides is 2. The Morgan fingerprint density at radius 1 is 1.16 bits per heavy atom. The van der Waals surface area contributed by atoms with E-state index in [9.17, 15) is 14.4 Å². The molecule has 0 aromatic heterocycles. The first-order valence-corrected chi connectivity index (χ1v) is 5.88. The number of hydrogen-bond acceptors (Lipinski definition) is 4.